The Hall–Kier alpha value is -4.40. The van der Waals surface area contributed by atoms with E-state index in [4.69, 9.17) is 23.7 Å². The van der Waals surface area contributed by atoms with Crippen LogP contribution in [0.25, 0.3) is 11.1 Å². The van der Waals surface area contributed by atoms with Crippen molar-refractivity contribution in [1.82, 2.24) is 4.90 Å². The molecule has 9 nitrogen and oxygen atoms in total. The smallest absolute Gasteiger partial charge is 0.410 e. The van der Waals surface area contributed by atoms with Crippen molar-refractivity contribution < 1.29 is 33.3 Å². The Kier molecular flexibility index (Phi) is 9.50. The third kappa shape index (κ3) is 6.73. The molecule has 0 spiro atoms. The lowest BCUT2D eigenvalue weighted by Crippen LogP contribution is -2.50. The first kappa shape index (κ1) is 30.6. The third-order valence-electron chi connectivity index (χ3n) is 7.18. The lowest BCUT2D eigenvalue weighted by Gasteiger charge is -2.39. The summed E-state index contributed by atoms with van der Waals surface area (Å²) in [5, 5.41) is 0. The molecule has 3 aromatic rings. The fourth-order valence-corrected chi connectivity index (χ4v) is 5.16. The van der Waals surface area contributed by atoms with Crippen molar-refractivity contribution in [2.24, 2.45) is 0 Å². The number of amides is 2. The van der Waals surface area contributed by atoms with Crippen LogP contribution in [0.2, 0.25) is 0 Å². The molecule has 2 amide bonds. The summed E-state index contributed by atoms with van der Waals surface area (Å²) in [4.78, 5) is 30.8. The van der Waals surface area contributed by atoms with Gasteiger partial charge in [0.25, 0.3) is 5.91 Å². The number of piperidine rings is 1. The molecule has 4 rings (SSSR count). The highest BCUT2D eigenvalue weighted by Crippen LogP contribution is 2.42. The van der Waals surface area contributed by atoms with Gasteiger partial charge in [0.15, 0.2) is 11.5 Å². The van der Waals surface area contributed by atoms with E-state index in [0.717, 1.165) is 16.8 Å². The van der Waals surface area contributed by atoms with Crippen LogP contribution in [0.15, 0.2) is 60.7 Å². The lowest BCUT2D eigenvalue weighted by atomic mass is 9.95. The van der Waals surface area contributed by atoms with Gasteiger partial charge >= 0.3 is 6.09 Å². The summed E-state index contributed by atoms with van der Waals surface area (Å²) < 4.78 is 27.6. The van der Waals surface area contributed by atoms with Gasteiger partial charge in [0.2, 0.25) is 5.75 Å². The first-order valence-corrected chi connectivity index (χ1v) is 13.9. The Morgan fingerprint density at radius 1 is 0.810 bits per heavy atom. The van der Waals surface area contributed by atoms with E-state index in [1.165, 1.54) is 0 Å². The molecule has 0 saturated carbocycles. The predicted octanol–water partition coefficient (Wildman–Crippen LogP) is 6.43. The first-order valence-electron chi connectivity index (χ1n) is 13.9. The van der Waals surface area contributed by atoms with Crippen LogP contribution < -0.4 is 23.8 Å². The van der Waals surface area contributed by atoms with Crippen molar-refractivity contribution in [2.75, 3.05) is 46.4 Å². The topological polar surface area (TPSA) is 86.8 Å². The average molecular weight is 577 g/mol. The van der Waals surface area contributed by atoms with E-state index >= 15 is 0 Å². The van der Waals surface area contributed by atoms with E-state index in [9.17, 15) is 9.59 Å². The molecule has 1 fully saturated rings. The molecular weight excluding hydrogens is 536 g/mol. The van der Waals surface area contributed by atoms with Crippen molar-refractivity contribution in [3.05, 3.63) is 66.2 Å². The zero-order valence-corrected chi connectivity index (χ0v) is 25.4. The molecule has 0 bridgehead atoms. The van der Waals surface area contributed by atoms with Gasteiger partial charge in [-0.25, -0.2) is 4.79 Å². The van der Waals surface area contributed by atoms with Gasteiger partial charge in [-0.3, -0.25) is 4.79 Å². The summed E-state index contributed by atoms with van der Waals surface area (Å²) in [5.74, 6) is 2.01. The Balaban J connectivity index is 1.72. The molecule has 1 aliphatic rings. The Bertz CT molecular complexity index is 1370. The number of benzene rings is 3. The second kappa shape index (κ2) is 13.1. The van der Waals surface area contributed by atoms with Crippen LogP contribution in [0, 0.1) is 0 Å². The van der Waals surface area contributed by atoms with Gasteiger partial charge in [-0.1, -0.05) is 18.2 Å². The highest BCUT2D eigenvalue weighted by atomic mass is 16.6. The van der Waals surface area contributed by atoms with Crippen LogP contribution in [0.3, 0.4) is 0 Å². The van der Waals surface area contributed by atoms with Crippen molar-refractivity contribution in [2.45, 2.75) is 45.3 Å². The second-order valence-electron chi connectivity index (χ2n) is 11.0. The highest BCUT2D eigenvalue weighted by molar-refractivity contribution is 6.10. The normalized spacial score (nSPS) is 13.7. The second-order valence-corrected chi connectivity index (χ2v) is 11.0. The maximum Gasteiger partial charge on any atom is 0.410 e. The van der Waals surface area contributed by atoms with E-state index < -0.39 is 5.60 Å². The van der Waals surface area contributed by atoms with Crippen molar-refractivity contribution in [3.63, 3.8) is 0 Å². The third-order valence-corrected chi connectivity index (χ3v) is 7.18. The maximum absolute atomic E-state index is 14.5. The number of rotatable bonds is 8. The molecule has 1 heterocycles. The Morgan fingerprint density at radius 2 is 1.40 bits per heavy atom. The summed E-state index contributed by atoms with van der Waals surface area (Å²) >= 11 is 0. The molecule has 0 atom stereocenters. The minimum absolute atomic E-state index is 0.141. The van der Waals surface area contributed by atoms with Gasteiger partial charge in [0.1, 0.15) is 11.4 Å². The van der Waals surface area contributed by atoms with Crippen LogP contribution in [0.5, 0.6) is 23.0 Å². The van der Waals surface area contributed by atoms with Gasteiger partial charge in [-0.05, 0) is 87.2 Å². The molecule has 1 saturated heterocycles. The molecule has 0 N–H and O–H groups in total. The number of methoxy groups -OCH3 is 4. The van der Waals surface area contributed by atoms with Gasteiger partial charge in [0.05, 0.1) is 28.4 Å². The summed E-state index contributed by atoms with van der Waals surface area (Å²) in [6, 6.07) is 18.5. The van der Waals surface area contributed by atoms with E-state index in [1.54, 1.807) is 33.3 Å². The molecule has 0 aromatic heterocycles. The standard InChI is InChI=1S/C33H40N2O7/c1-33(2,3)42-32(37)34-18-16-24(17-19-34)35(23-12-14-25(38-4)15-13-23)31(36)27-11-9-8-10-26(27)22-20-28(39-5)30(41-7)29(21-22)40-6/h8-15,20-21,24H,16-19H2,1-7H3. The summed E-state index contributed by atoms with van der Waals surface area (Å²) in [6.45, 7) is 6.52. The number of carbonyl (C=O) groups excluding carboxylic acids is 2. The maximum atomic E-state index is 14.5. The Labute approximate surface area is 247 Å². The van der Waals surface area contributed by atoms with Crippen LogP contribution in [-0.4, -0.2) is 70.1 Å². The van der Waals surface area contributed by atoms with E-state index in [1.807, 2.05) is 86.3 Å². The van der Waals surface area contributed by atoms with E-state index in [0.29, 0.717) is 54.5 Å². The largest absolute Gasteiger partial charge is 0.497 e. The van der Waals surface area contributed by atoms with Gasteiger partial charge in [-0.15, -0.1) is 0 Å². The fraction of sp³-hybridized carbons (Fsp3) is 0.394. The molecule has 1 aliphatic heterocycles. The number of carbonyl (C=O) groups is 2. The van der Waals surface area contributed by atoms with Gasteiger partial charge < -0.3 is 33.5 Å². The molecular formula is C33H40N2O7. The molecule has 0 radical (unpaired) electrons. The summed E-state index contributed by atoms with van der Waals surface area (Å²) in [5.41, 5.74) is 2.18. The first-order chi connectivity index (χ1) is 20.1. The van der Waals surface area contributed by atoms with E-state index in [2.05, 4.69) is 0 Å². The number of ether oxygens (including phenoxy) is 5. The minimum atomic E-state index is -0.574. The SMILES string of the molecule is COc1ccc(N(C(=O)c2ccccc2-c2cc(OC)c(OC)c(OC)c2)C2CCN(C(=O)OC(C)(C)C)CC2)cc1. The lowest BCUT2D eigenvalue weighted by molar-refractivity contribution is 0.0205. The zero-order valence-electron chi connectivity index (χ0n) is 25.4. The minimum Gasteiger partial charge on any atom is -0.497 e. The fourth-order valence-electron chi connectivity index (χ4n) is 5.16. The molecule has 0 aliphatic carbocycles. The number of hydrogen-bond donors (Lipinski definition) is 0. The van der Waals surface area contributed by atoms with Crippen LogP contribution in [-0.2, 0) is 4.74 Å². The van der Waals surface area contributed by atoms with Gasteiger partial charge in [-0.2, -0.15) is 0 Å². The molecule has 0 unspecified atom stereocenters. The quantitative estimate of drug-likeness (QED) is 0.305. The number of likely N-dealkylation sites (tertiary alicyclic amines) is 1. The monoisotopic (exact) mass is 576 g/mol. The summed E-state index contributed by atoms with van der Waals surface area (Å²) in [7, 11) is 6.29. The predicted molar refractivity (Wildman–Crippen MR) is 162 cm³/mol. The van der Waals surface area contributed by atoms with Crippen LogP contribution >= 0.6 is 0 Å². The van der Waals surface area contributed by atoms with Crippen molar-refractivity contribution in [3.8, 4) is 34.1 Å². The molecule has 9 heteroatoms. The highest BCUT2D eigenvalue weighted by Gasteiger charge is 2.34. The average Bonchev–Trinajstić information content (AvgIpc) is 3.00. The van der Waals surface area contributed by atoms with Crippen molar-refractivity contribution in [1.29, 1.82) is 0 Å². The summed E-state index contributed by atoms with van der Waals surface area (Å²) in [6.07, 6.45) is 0.864. The van der Waals surface area contributed by atoms with Crippen LogP contribution in [0.4, 0.5) is 10.5 Å². The number of nitrogens with zero attached hydrogens (tertiary/aromatic N) is 2. The van der Waals surface area contributed by atoms with Crippen molar-refractivity contribution >= 4 is 17.7 Å². The van der Waals surface area contributed by atoms with Crippen LogP contribution in [0.1, 0.15) is 44.0 Å². The number of hydrogen-bond acceptors (Lipinski definition) is 7. The molecule has 3 aromatic carbocycles. The molecule has 224 valence electrons. The number of anilines is 1. The van der Waals surface area contributed by atoms with Gasteiger partial charge in [0, 0.05) is 30.4 Å². The Morgan fingerprint density at radius 3 is 1.93 bits per heavy atom. The zero-order chi connectivity index (χ0) is 30.4. The molecule has 42 heavy (non-hydrogen) atoms. The van der Waals surface area contributed by atoms with E-state index in [-0.39, 0.29) is 18.0 Å².